The van der Waals surface area contributed by atoms with Crippen molar-refractivity contribution in [3.63, 3.8) is 0 Å². The molecule has 1 amide bonds. The van der Waals surface area contributed by atoms with Crippen molar-refractivity contribution < 1.29 is 18.0 Å². The zero-order valence-corrected chi connectivity index (χ0v) is 15.6. The molecule has 1 heterocycles. The summed E-state index contributed by atoms with van der Waals surface area (Å²) >= 11 is 1.54. The number of carbonyl (C=O) groups excluding carboxylic acids is 1. The molecule has 0 spiro atoms. The van der Waals surface area contributed by atoms with Crippen LogP contribution in [0.4, 0.5) is 13.2 Å². The predicted octanol–water partition coefficient (Wildman–Crippen LogP) is 4.62. The highest BCUT2D eigenvalue weighted by molar-refractivity contribution is 7.10. The first-order valence-electron chi connectivity index (χ1n) is 8.50. The van der Waals surface area contributed by atoms with Crippen LogP contribution in [0.1, 0.15) is 48.2 Å². The summed E-state index contributed by atoms with van der Waals surface area (Å²) in [6, 6.07) is 11.8. The lowest BCUT2D eigenvalue weighted by Gasteiger charge is -2.19. The minimum absolute atomic E-state index is 0.189. The number of rotatable bonds is 8. The van der Waals surface area contributed by atoms with Crippen molar-refractivity contribution >= 4 is 17.2 Å². The van der Waals surface area contributed by atoms with E-state index in [1.165, 1.54) is 16.9 Å². The van der Waals surface area contributed by atoms with Gasteiger partial charge in [0, 0.05) is 4.88 Å². The van der Waals surface area contributed by atoms with Gasteiger partial charge in [0.1, 0.15) is 6.54 Å². The van der Waals surface area contributed by atoms with Crippen LogP contribution in [0.2, 0.25) is 0 Å². The second-order valence-corrected chi connectivity index (χ2v) is 7.18. The van der Waals surface area contributed by atoms with E-state index in [2.05, 4.69) is 31.3 Å². The normalized spacial score (nSPS) is 14.0. The van der Waals surface area contributed by atoms with Crippen molar-refractivity contribution in [3.05, 3.63) is 57.8 Å². The highest BCUT2D eigenvalue weighted by Gasteiger charge is 2.27. The Bertz CT molecular complexity index is 684. The molecular formula is C19H23F3N2OS. The molecule has 0 unspecified atom stereocenters. The van der Waals surface area contributed by atoms with Crippen LogP contribution in [0, 0.1) is 0 Å². The molecular weight excluding hydrogens is 361 g/mol. The van der Waals surface area contributed by atoms with Crippen LogP contribution in [0.25, 0.3) is 0 Å². The fourth-order valence-corrected chi connectivity index (χ4v) is 3.37. The van der Waals surface area contributed by atoms with E-state index in [1.807, 2.05) is 35.0 Å². The van der Waals surface area contributed by atoms with Gasteiger partial charge in [-0.15, -0.1) is 11.3 Å². The molecule has 1 aromatic heterocycles. The number of thiophene rings is 1. The third kappa shape index (κ3) is 6.14. The van der Waals surface area contributed by atoms with E-state index in [0.717, 1.165) is 16.9 Å². The largest absolute Gasteiger partial charge is 0.405 e. The molecule has 3 nitrogen and oxygen atoms in total. The maximum atomic E-state index is 12.2. The summed E-state index contributed by atoms with van der Waals surface area (Å²) in [4.78, 5) is 12.7. The van der Waals surface area contributed by atoms with Gasteiger partial charge in [-0.2, -0.15) is 13.2 Å². The van der Waals surface area contributed by atoms with E-state index in [-0.39, 0.29) is 12.6 Å². The fraction of sp³-hybridized carbons (Fsp3) is 0.421. The Hall–Kier alpha value is -1.86. The molecule has 0 bridgehead atoms. The third-order valence-corrected chi connectivity index (χ3v) is 5.17. The van der Waals surface area contributed by atoms with Gasteiger partial charge in [-0.1, -0.05) is 44.2 Å². The summed E-state index contributed by atoms with van der Waals surface area (Å²) in [5.74, 6) is -0.217. The van der Waals surface area contributed by atoms with Gasteiger partial charge in [0.2, 0.25) is 5.91 Å². The SMILES string of the molecule is CC[C@@H](C)c1ccc([C@H](NCC(=O)NCC(F)(F)F)c2cccs2)cc1. The molecule has 0 aliphatic carbocycles. The molecule has 2 atom stereocenters. The first-order valence-corrected chi connectivity index (χ1v) is 9.38. The van der Waals surface area contributed by atoms with Gasteiger partial charge in [-0.3, -0.25) is 10.1 Å². The topological polar surface area (TPSA) is 41.1 Å². The van der Waals surface area contributed by atoms with Crippen molar-refractivity contribution in [1.29, 1.82) is 0 Å². The van der Waals surface area contributed by atoms with Gasteiger partial charge < -0.3 is 5.32 Å². The van der Waals surface area contributed by atoms with Gasteiger partial charge in [-0.05, 0) is 34.9 Å². The van der Waals surface area contributed by atoms with Crippen molar-refractivity contribution in [3.8, 4) is 0 Å². The Morgan fingerprint density at radius 1 is 1.15 bits per heavy atom. The Morgan fingerprint density at radius 3 is 2.35 bits per heavy atom. The zero-order chi connectivity index (χ0) is 19.2. The van der Waals surface area contributed by atoms with E-state index in [1.54, 1.807) is 0 Å². The standard InChI is InChI=1S/C19H23F3N2OS/c1-3-13(2)14-6-8-15(9-7-14)18(16-5-4-10-26-16)23-11-17(25)24-12-19(20,21)22/h4-10,13,18,23H,3,11-12H2,1-2H3,(H,24,25)/t13-,18+/m1/s1. The Morgan fingerprint density at radius 2 is 1.81 bits per heavy atom. The second kappa shape index (κ2) is 9.19. The van der Waals surface area contributed by atoms with E-state index in [4.69, 9.17) is 0 Å². The number of carbonyl (C=O) groups is 1. The molecule has 7 heteroatoms. The van der Waals surface area contributed by atoms with Gasteiger partial charge in [0.25, 0.3) is 0 Å². The van der Waals surface area contributed by atoms with Crippen LogP contribution in [0.3, 0.4) is 0 Å². The van der Waals surface area contributed by atoms with Crippen LogP contribution in [0.5, 0.6) is 0 Å². The zero-order valence-electron chi connectivity index (χ0n) is 14.8. The highest BCUT2D eigenvalue weighted by Crippen LogP contribution is 2.28. The van der Waals surface area contributed by atoms with Crippen LogP contribution >= 0.6 is 11.3 Å². The minimum Gasteiger partial charge on any atom is -0.346 e. The number of hydrogen-bond donors (Lipinski definition) is 2. The van der Waals surface area contributed by atoms with Gasteiger partial charge >= 0.3 is 6.18 Å². The van der Waals surface area contributed by atoms with Crippen molar-refractivity contribution in [2.45, 2.75) is 38.4 Å². The average Bonchev–Trinajstić information content (AvgIpc) is 3.14. The molecule has 0 aliphatic heterocycles. The summed E-state index contributed by atoms with van der Waals surface area (Å²) < 4.78 is 36.6. The fourth-order valence-electron chi connectivity index (χ4n) is 2.55. The number of nitrogens with one attached hydrogen (secondary N) is 2. The summed E-state index contributed by atoms with van der Waals surface area (Å²) in [7, 11) is 0. The average molecular weight is 384 g/mol. The predicted molar refractivity (Wildman–Crippen MR) is 98.4 cm³/mol. The molecule has 0 saturated heterocycles. The van der Waals surface area contributed by atoms with E-state index < -0.39 is 18.6 Å². The molecule has 0 radical (unpaired) electrons. The van der Waals surface area contributed by atoms with Crippen molar-refractivity contribution in [1.82, 2.24) is 10.6 Å². The summed E-state index contributed by atoms with van der Waals surface area (Å²) in [6.07, 6.45) is -3.36. The lowest BCUT2D eigenvalue weighted by atomic mass is 9.95. The third-order valence-electron chi connectivity index (χ3n) is 4.23. The molecule has 2 aromatic rings. The van der Waals surface area contributed by atoms with E-state index in [0.29, 0.717) is 5.92 Å². The van der Waals surface area contributed by atoms with Gasteiger partial charge in [-0.25, -0.2) is 0 Å². The van der Waals surface area contributed by atoms with Gasteiger partial charge in [0.15, 0.2) is 0 Å². The molecule has 2 rings (SSSR count). The quantitative estimate of drug-likeness (QED) is 0.697. The first kappa shape index (κ1) is 20.5. The smallest absolute Gasteiger partial charge is 0.346 e. The number of halogens is 3. The highest BCUT2D eigenvalue weighted by atomic mass is 32.1. The minimum atomic E-state index is -4.41. The molecule has 142 valence electrons. The van der Waals surface area contributed by atoms with Crippen molar-refractivity contribution in [2.24, 2.45) is 0 Å². The van der Waals surface area contributed by atoms with Crippen LogP contribution in [-0.2, 0) is 4.79 Å². The maximum Gasteiger partial charge on any atom is 0.405 e. The Labute approximate surface area is 155 Å². The number of hydrogen-bond acceptors (Lipinski definition) is 3. The molecule has 2 N–H and O–H groups in total. The Balaban J connectivity index is 2.06. The van der Waals surface area contributed by atoms with E-state index in [9.17, 15) is 18.0 Å². The molecule has 1 aromatic carbocycles. The van der Waals surface area contributed by atoms with Crippen LogP contribution in [0.15, 0.2) is 41.8 Å². The van der Waals surface area contributed by atoms with E-state index >= 15 is 0 Å². The van der Waals surface area contributed by atoms with Crippen molar-refractivity contribution in [2.75, 3.05) is 13.1 Å². The van der Waals surface area contributed by atoms with Gasteiger partial charge in [0.05, 0.1) is 12.6 Å². The Kier molecular flexibility index (Phi) is 7.23. The molecule has 26 heavy (non-hydrogen) atoms. The first-order chi connectivity index (χ1) is 12.3. The summed E-state index contributed by atoms with van der Waals surface area (Å²) in [5, 5.41) is 6.88. The lowest BCUT2D eigenvalue weighted by Crippen LogP contribution is -2.40. The number of alkyl halides is 3. The summed E-state index contributed by atoms with van der Waals surface area (Å²) in [5.41, 5.74) is 2.22. The number of amides is 1. The maximum absolute atomic E-state index is 12.2. The molecule has 0 fully saturated rings. The second-order valence-electron chi connectivity index (χ2n) is 6.20. The van der Waals surface area contributed by atoms with Crippen LogP contribution in [-0.4, -0.2) is 25.2 Å². The van der Waals surface area contributed by atoms with Crippen LogP contribution < -0.4 is 10.6 Å². The molecule has 0 saturated carbocycles. The number of benzene rings is 1. The monoisotopic (exact) mass is 384 g/mol. The molecule has 0 aliphatic rings. The lowest BCUT2D eigenvalue weighted by molar-refractivity contribution is -0.137. The summed E-state index contributed by atoms with van der Waals surface area (Å²) in [6.45, 7) is 2.79.